The predicted molar refractivity (Wildman–Crippen MR) is 73.3 cm³/mol. The summed E-state index contributed by atoms with van der Waals surface area (Å²) in [7, 11) is 0. The van der Waals surface area contributed by atoms with Crippen LogP contribution in [-0.4, -0.2) is 64.3 Å². The molecule has 114 valence electrons. The van der Waals surface area contributed by atoms with Gasteiger partial charge in [-0.3, -0.25) is 4.79 Å². The Morgan fingerprint density at radius 2 is 2.05 bits per heavy atom. The van der Waals surface area contributed by atoms with E-state index in [0.717, 1.165) is 12.8 Å². The van der Waals surface area contributed by atoms with Crippen LogP contribution in [0, 0.1) is 11.3 Å². The number of aliphatic hydroxyl groups excluding tert-OH is 1. The van der Waals surface area contributed by atoms with Gasteiger partial charge in [-0.1, -0.05) is 13.8 Å². The number of nitrogens with zero attached hydrogens (tertiary/aromatic N) is 2. The summed E-state index contributed by atoms with van der Waals surface area (Å²) in [5.74, 6) is -0.826. The number of carboxylic acid groups (broad SMARTS) is 1. The summed E-state index contributed by atoms with van der Waals surface area (Å²) in [4.78, 5) is 27.4. The number of hydrogen-bond donors (Lipinski definition) is 2. The lowest BCUT2D eigenvalue weighted by molar-refractivity contribution is -0.150. The van der Waals surface area contributed by atoms with Gasteiger partial charge < -0.3 is 20.0 Å². The molecule has 6 heteroatoms. The van der Waals surface area contributed by atoms with Gasteiger partial charge in [-0.05, 0) is 25.2 Å². The first-order chi connectivity index (χ1) is 9.42. The van der Waals surface area contributed by atoms with E-state index >= 15 is 0 Å². The third kappa shape index (κ3) is 2.61. The van der Waals surface area contributed by atoms with Gasteiger partial charge in [0.05, 0.1) is 12.0 Å². The van der Waals surface area contributed by atoms with Crippen molar-refractivity contribution in [3.8, 4) is 0 Å². The molecule has 0 bridgehead atoms. The van der Waals surface area contributed by atoms with Crippen LogP contribution in [0.5, 0.6) is 0 Å². The highest BCUT2D eigenvalue weighted by molar-refractivity contribution is 5.80. The molecule has 1 saturated heterocycles. The third-order valence-electron chi connectivity index (χ3n) is 4.68. The lowest BCUT2D eigenvalue weighted by atomic mass is 9.76. The van der Waals surface area contributed by atoms with Gasteiger partial charge in [-0.25, -0.2) is 4.79 Å². The van der Waals surface area contributed by atoms with Crippen molar-refractivity contribution in [1.29, 1.82) is 0 Å². The standard InChI is InChI=1S/C14H24N2O4/c1-10(2)14(12(18)19)5-6-15(9-14)13(20)16(7-8-17)11-3-4-11/h10-11,17H,3-9H2,1-2H3,(H,18,19). The van der Waals surface area contributed by atoms with Crippen LogP contribution >= 0.6 is 0 Å². The molecule has 2 aliphatic rings. The topological polar surface area (TPSA) is 81.1 Å². The van der Waals surface area contributed by atoms with Crippen LogP contribution in [0.2, 0.25) is 0 Å². The maximum atomic E-state index is 12.5. The number of rotatable bonds is 5. The lowest BCUT2D eigenvalue weighted by Crippen LogP contribution is -2.47. The summed E-state index contributed by atoms with van der Waals surface area (Å²) in [5.41, 5.74) is -0.829. The first kappa shape index (κ1) is 15.1. The number of carboxylic acids is 1. The first-order valence-electron chi connectivity index (χ1n) is 7.32. The molecule has 20 heavy (non-hydrogen) atoms. The second kappa shape index (κ2) is 5.60. The van der Waals surface area contributed by atoms with Crippen LogP contribution in [0.15, 0.2) is 0 Å². The Morgan fingerprint density at radius 3 is 2.45 bits per heavy atom. The Balaban J connectivity index is 2.07. The molecule has 0 aromatic heterocycles. The zero-order valence-corrected chi connectivity index (χ0v) is 12.2. The van der Waals surface area contributed by atoms with E-state index in [9.17, 15) is 14.7 Å². The number of carbonyl (C=O) groups excluding carboxylic acids is 1. The fourth-order valence-corrected chi connectivity index (χ4v) is 3.00. The van der Waals surface area contributed by atoms with Crippen LogP contribution in [0.1, 0.15) is 33.1 Å². The van der Waals surface area contributed by atoms with Gasteiger partial charge in [-0.15, -0.1) is 0 Å². The van der Waals surface area contributed by atoms with Crippen molar-refractivity contribution < 1.29 is 19.8 Å². The number of amides is 2. The maximum Gasteiger partial charge on any atom is 0.320 e. The SMILES string of the molecule is CC(C)C1(C(=O)O)CCN(C(=O)N(CCO)C2CC2)C1. The Labute approximate surface area is 119 Å². The minimum absolute atomic E-state index is 0.00924. The van der Waals surface area contributed by atoms with E-state index in [2.05, 4.69) is 0 Å². The molecular weight excluding hydrogens is 260 g/mol. The molecule has 0 aromatic rings. The van der Waals surface area contributed by atoms with Gasteiger partial charge in [0.1, 0.15) is 0 Å². The van der Waals surface area contributed by atoms with Crippen molar-refractivity contribution in [2.75, 3.05) is 26.2 Å². The van der Waals surface area contributed by atoms with Crippen LogP contribution in [0.4, 0.5) is 4.79 Å². The van der Waals surface area contributed by atoms with Gasteiger partial charge in [0.2, 0.25) is 0 Å². The minimum atomic E-state index is -0.829. The smallest absolute Gasteiger partial charge is 0.320 e. The molecule has 2 rings (SSSR count). The second-order valence-corrected chi connectivity index (χ2v) is 6.22. The molecule has 1 aliphatic carbocycles. The van der Waals surface area contributed by atoms with Crippen LogP contribution in [0.25, 0.3) is 0 Å². The Morgan fingerprint density at radius 1 is 1.40 bits per heavy atom. The molecule has 2 fully saturated rings. The molecule has 1 atom stereocenters. The highest BCUT2D eigenvalue weighted by atomic mass is 16.4. The Kier molecular flexibility index (Phi) is 4.22. The molecule has 6 nitrogen and oxygen atoms in total. The summed E-state index contributed by atoms with van der Waals surface area (Å²) < 4.78 is 0. The number of likely N-dealkylation sites (tertiary alicyclic amines) is 1. The summed E-state index contributed by atoms with van der Waals surface area (Å²) in [5, 5.41) is 18.6. The van der Waals surface area contributed by atoms with E-state index in [1.165, 1.54) is 0 Å². The van der Waals surface area contributed by atoms with Gasteiger partial charge >= 0.3 is 12.0 Å². The van der Waals surface area contributed by atoms with Crippen molar-refractivity contribution in [2.24, 2.45) is 11.3 Å². The normalized spacial score (nSPS) is 26.1. The van der Waals surface area contributed by atoms with Crippen molar-refractivity contribution in [2.45, 2.75) is 39.2 Å². The zero-order chi connectivity index (χ0) is 14.9. The number of aliphatic carboxylic acids is 1. The molecule has 2 amide bonds. The monoisotopic (exact) mass is 284 g/mol. The van der Waals surface area contributed by atoms with E-state index in [-0.39, 0.29) is 31.1 Å². The summed E-state index contributed by atoms with van der Waals surface area (Å²) >= 11 is 0. The molecule has 1 aliphatic heterocycles. The second-order valence-electron chi connectivity index (χ2n) is 6.22. The van der Waals surface area contributed by atoms with E-state index in [0.29, 0.717) is 19.5 Å². The van der Waals surface area contributed by atoms with Crippen LogP contribution < -0.4 is 0 Å². The summed E-state index contributed by atoms with van der Waals surface area (Å²) in [6.45, 7) is 4.83. The molecule has 1 saturated carbocycles. The number of aliphatic hydroxyl groups is 1. The molecular formula is C14H24N2O4. The number of urea groups is 1. The summed E-state index contributed by atoms with van der Waals surface area (Å²) in [6, 6.07) is 0.110. The molecule has 0 aromatic carbocycles. The average molecular weight is 284 g/mol. The van der Waals surface area contributed by atoms with Crippen molar-refractivity contribution in [3.05, 3.63) is 0 Å². The highest BCUT2D eigenvalue weighted by Crippen LogP contribution is 2.39. The van der Waals surface area contributed by atoms with Crippen molar-refractivity contribution >= 4 is 12.0 Å². The average Bonchev–Trinajstić information content (AvgIpc) is 3.11. The van der Waals surface area contributed by atoms with E-state index in [1.807, 2.05) is 13.8 Å². The van der Waals surface area contributed by atoms with Crippen LogP contribution in [0.3, 0.4) is 0 Å². The van der Waals surface area contributed by atoms with Gasteiger partial charge in [0.25, 0.3) is 0 Å². The van der Waals surface area contributed by atoms with Crippen molar-refractivity contribution in [1.82, 2.24) is 9.80 Å². The van der Waals surface area contributed by atoms with Gasteiger partial charge in [0.15, 0.2) is 0 Å². The predicted octanol–water partition coefficient (Wildman–Crippen LogP) is 0.996. The van der Waals surface area contributed by atoms with Crippen molar-refractivity contribution in [3.63, 3.8) is 0 Å². The molecule has 2 N–H and O–H groups in total. The number of carbonyl (C=O) groups is 2. The summed E-state index contributed by atoms with van der Waals surface area (Å²) in [6.07, 6.45) is 2.46. The maximum absolute atomic E-state index is 12.5. The molecule has 0 spiro atoms. The van der Waals surface area contributed by atoms with Gasteiger partial charge in [-0.2, -0.15) is 0 Å². The largest absolute Gasteiger partial charge is 0.481 e. The number of hydrogen-bond acceptors (Lipinski definition) is 3. The lowest BCUT2D eigenvalue weighted by Gasteiger charge is -2.31. The highest BCUT2D eigenvalue weighted by Gasteiger charge is 2.49. The zero-order valence-electron chi connectivity index (χ0n) is 12.2. The Hall–Kier alpha value is -1.30. The minimum Gasteiger partial charge on any atom is -0.481 e. The third-order valence-corrected chi connectivity index (χ3v) is 4.68. The van der Waals surface area contributed by atoms with E-state index < -0.39 is 11.4 Å². The molecule has 1 heterocycles. The van der Waals surface area contributed by atoms with Crippen LogP contribution in [-0.2, 0) is 4.79 Å². The van der Waals surface area contributed by atoms with Gasteiger partial charge in [0, 0.05) is 25.7 Å². The quantitative estimate of drug-likeness (QED) is 0.789. The Bertz CT molecular complexity index is 395. The molecule has 0 radical (unpaired) electrons. The van der Waals surface area contributed by atoms with E-state index in [1.54, 1.807) is 9.80 Å². The fraction of sp³-hybridized carbons (Fsp3) is 0.857. The fourth-order valence-electron chi connectivity index (χ4n) is 3.00. The molecule has 1 unspecified atom stereocenters. The first-order valence-corrected chi connectivity index (χ1v) is 7.32. The van der Waals surface area contributed by atoms with E-state index in [4.69, 9.17) is 5.11 Å².